The second kappa shape index (κ2) is 6.96. The molecule has 1 aromatic carbocycles. The van der Waals surface area contributed by atoms with Crippen molar-refractivity contribution in [2.45, 2.75) is 71.8 Å². The van der Waals surface area contributed by atoms with Crippen LogP contribution in [0.2, 0.25) is 0 Å². The van der Waals surface area contributed by atoms with Gasteiger partial charge in [-0.05, 0) is 76.0 Å². The molecule has 0 heterocycles. The number of benzene rings is 1. The molecule has 0 bridgehead atoms. The molecule has 1 fully saturated rings. The molecule has 1 nitrogen and oxygen atoms in total. The lowest BCUT2D eigenvalue weighted by atomic mass is 9.69. The quantitative estimate of drug-likeness (QED) is 0.793. The maximum atomic E-state index is 3.74. The Morgan fingerprint density at radius 3 is 2.48 bits per heavy atom. The third-order valence-corrected chi connectivity index (χ3v) is 5.16. The van der Waals surface area contributed by atoms with Crippen LogP contribution >= 0.6 is 0 Å². The average Bonchev–Trinajstić information content (AvgIpc) is 2.45. The van der Waals surface area contributed by atoms with E-state index in [9.17, 15) is 0 Å². The molecule has 0 radical (unpaired) electrons. The largest absolute Gasteiger partial charge is 0.312 e. The van der Waals surface area contributed by atoms with Crippen molar-refractivity contribution in [1.82, 2.24) is 5.32 Å². The van der Waals surface area contributed by atoms with E-state index in [2.05, 4.69) is 64.2 Å². The van der Waals surface area contributed by atoms with Crippen molar-refractivity contribution in [2.75, 3.05) is 6.54 Å². The Balaban J connectivity index is 2.16. The van der Waals surface area contributed by atoms with Gasteiger partial charge in [-0.25, -0.2) is 0 Å². The van der Waals surface area contributed by atoms with Crippen LogP contribution in [0.25, 0.3) is 0 Å². The van der Waals surface area contributed by atoms with E-state index >= 15 is 0 Å². The highest BCUT2D eigenvalue weighted by molar-refractivity contribution is 5.30. The molecular weight excluding hydrogens is 254 g/mol. The van der Waals surface area contributed by atoms with Gasteiger partial charge in [0.2, 0.25) is 0 Å². The molecule has 2 rings (SSSR count). The molecule has 0 saturated heterocycles. The van der Waals surface area contributed by atoms with Crippen LogP contribution in [0.15, 0.2) is 24.3 Å². The Morgan fingerprint density at radius 1 is 1.14 bits per heavy atom. The first kappa shape index (κ1) is 16.5. The normalized spacial score (nSPS) is 26.8. The molecule has 118 valence electrons. The van der Waals surface area contributed by atoms with Crippen LogP contribution in [-0.4, -0.2) is 12.1 Å². The highest BCUT2D eigenvalue weighted by Crippen LogP contribution is 2.42. The standard InChI is InChI=1S/C20H33N/c1-6-16-11-12-17(14-21-20(3,4)5)19(13-16)18-10-8-7-9-15(18)2/h7-10,16-17,19,21H,6,11-14H2,1-5H3. The van der Waals surface area contributed by atoms with E-state index in [0.717, 1.165) is 24.3 Å². The summed E-state index contributed by atoms with van der Waals surface area (Å²) in [5, 5.41) is 3.74. The van der Waals surface area contributed by atoms with Crippen molar-refractivity contribution in [2.24, 2.45) is 11.8 Å². The van der Waals surface area contributed by atoms with Crippen molar-refractivity contribution in [3.63, 3.8) is 0 Å². The Morgan fingerprint density at radius 2 is 1.86 bits per heavy atom. The second-order valence-corrected chi connectivity index (χ2v) is 7.94. The lowest BCUT2D eigenvalue weighted by molar-refractivity contribution is 0.213. The predicted molar refractivity (Wildman–Crippen MR) is 92.8 cm³/mol. The van der Waals surface area contributed by atoms with Gasteiger partial charge in [0.05, 0.1) is 0 Å². The monoisotopic (exact) mass is 287 g/mol. The first-order chi connectivity index (χ1) is 9.90. The van der Waals surface area contributed by atoms with Crippen molar-refractivity contribution in [3.8, 4) is 0 Å². The maximum Gasteiger partial charge on any atom is 0.00966 e. The van der Waals surface area contributed by atoms with Crippen LogP contribution in [0, 0.1) is 18.8 Å². The molecule has 1 heteroatoms. The topological polar surface area (TPSA) is 12.0 Å². The summed E-state index contributed by atoms with van der Waals surface area (Å²) in [4.78, 5) is 0. The lowest BCUT2D eigenvalue weighted by Gasteiger charge is -2.38. The number of rotatable bonds is 4. The Kier molecular flexibility index (Phi) is 5.48. The van der Waals surface area contributed by atoms with Gasteiger partial charge >= 0.3 is 0 Å². The molecule has 1 aliphatic rings. The van der Waals surface area contributed by atoms with Crippen LogP contribution in [0.1, 0.15) is 70.4 Å². The zero-order chi connectivity index (χ0) is 15.5. The van der Waals surface area contributed by atoms with Crippen molar-refractivity contribution in [3.05, 3.63) is 35.4 Å². The summed E-state index contributed by atoms with van der Waals surface area (Å²) < 4.78 is 0. The van der Waals surface area contributed by atoms with Gasteiger partial charge in [0, 0.05) is 5.54 Å². The minimum atomic E-state index is 0.220. The fraction of sp³-hybridized carbons (Fsp3) is 0.700. The SMILES string of the molecule is CCC1CCC(CNC(C)(C)C)C(c2ccccc2C)C1. The first-order valence-corrected chi connectivity index (χ1v) is 8.71. The molecule has 1 saturated carbocycles. The summed E-state index contributed by atoms with van der Waals surface area (Å²) in [5.74, 6) is 2.44. The smallest absolute Gasteiger partial charge is 0.00966 e. The fourth-order valence-corrected chi connectivity index (χ4v) is 3.76. The molecule has 0 aliphatic heterocycles. The Labute approximate surface area is 131 Å². The molecule has 1 aromatic rings. The first-order valence-electron chi connectivity index (χ1n) is 8.71. The summed E-state index contributed by atoms with van der Waals surface area (Å²) in [6, 6.07) is 9.02. The van der Waals surface area contributed by atoms with Crippen molar-refractivity contribution < 1.29 is 0 Å². The van der Waals surface area contributed by atoms with Gasteiger partial charge in [-0.15, -0.1) is 0 Å². The summed E-state index contributed by atoms with van der Waals surface area (Å²) in [6.45, 7) is 12.6. The summed E-state index contributed by atoms with van der Waals surface area (Å²) in [6.07, 6.45) is 5.50. The van der Waals surface area contributed by atoms with Gasteiger partial charge in [-0.2, -0.15) is 0 Å². The van der Waals surface area contributed by atoms with Crippen molar-refractivity contribution >= 4 is 0 Å². The van der Waals surface area contributed by atoms with Gasteiger partial charge in [0.1, 0.15) is 0 Å². The minimum absolute atomic E-state index is 0.220. The average molecular weight is 287 g/mol. The highest BCUT2D eigenvalue weighted by Gasteiger charge is 2.32. The van der Waals surface area contributed by atoms with E-state index in [1.54, 1.807) is 5.56 Å². The Hall–Kier alpha value is -0.820. The van der Waals surface area contributed by atoms with Crippen molar-refractivity contribution in [1.29, 1.82) is 0 Å². The molecule has 1 aliphatic carbocycles. The highest BCUT2D eigenvalue weighted by atomic mass is 14.9. The van der Waals surface area contributed by atoms with Gasteiger partial charge in [0.15, 0.2) is 0 Å². The van der Waals surface area contributed by atoms with E-state index in [-0.39, 0.29) is 5.54 Å². The molecule has 21 heavy (non-hydrogen) atoms. The van der Waals surface area contributed by atoms with E-state index < -0.39 is 0 Å². The summed E-state index contributed by atoms with van der Waals surface area (Å²) >= 11 is 0. The third-order valence-electron chi connectivity index (χ3n) is 5.16. The molecular formula is C20H33N. The number of hydrogen-bond donors (Lipinski definition) is 1. The van der Waals surface area contributed by atoms with Gasteiger partial charge in [-0.3, -0.25) is 0 Å². The molecule has 1 N–H and O–H groups in total. The molecule has 0 amide bonds. The van der Waals surface area contributed by atoms with E-state index in [4.69, 9.17) is 0 Å². The second-order valence-electron chi connectivity index (χ2n) is 7.94. The third kappa shape index (κ3) is 4.57. The molecule has 0 aromatic heterocycles. The molecule has 0 spiro atoms. The van der Waals surface area contributed by atoms with Crippen LogP contribution in [0.4, 0.5) is 0 Å². The summed E-state index contributed by atoms with van der Waals surface area (Å²) in [7, 11) is 0. The Bertz CT molecular complexity index is 443. The zero-order valence-electron chi connectivity index (χ0n) is 14.6. The maximum absolute atomic E-state index is 3.74. The van der Waals surface area contributed by atoms with Gasteiger partial charge in [0.25, 0.3) is 0 Å². The van der Waals surface area contributed by atoms with Gasteiger partial charge in [-0.1, -0.05) is 44.0 Å². The van der Waals surface area contributed by atoms with E-state index in [1.165, 1.54) is 31.2 Å². The van der Waals surface area contributed by atoms with Crippen LogP contribution in [0.3, 0.4) is 0 Å². The molecule has 3 atom stereocenters. The predicted octanol–water partition coefficient (Wildman–Crippen LogP) is 5.29. The number of aryl methyl sites for hydroxylation is 1. The fourth-order valence-electron chi connectivity index (χ4n) is 3.76. The number of nitrogens with one attached hydrogen (secondary N) is 1. The van der Waals surface area contributed by atoms with E-state index in [0.29, 0.717) is 0 Å². The summed E-state index contributed by atoms with van der Waals surface area (Å²) in [5.41, 5.74) is 3.29. The van der Waals surface area contributed by atoms with Gasteiger partial charge < -0.3 is 5.32 Å². The van der Waals surface area contributed by atoms with Crippen LogP contribution in [-0.2, 0) is 0 Å². The minimum Gasteiger partial charge on any atom is -0.312 e. The van der Waals surface area contributed by atoms with E-state index in [1.807, 2.05) is 0 Å². The number of hydrogen-bond acceptors (Lipinski definition) is 1. The van der Waals surface area contributed by atoms with Crippen LogP contribution in [0.5, 0.6) is 0 Å². The zero-order valence-corrected chi connectivity index (χ0v) is 14.6. The lowest BCUT2D eigenvalue weighted by Crippen LogP contribution is -2.41. The van der Waals surface area contributed by atoms with Crippen LogP contribution < -0.4 is 5.32 Å². The molecule has 3 unspecified atom stereocenters.